The maximum atomic E-state index is 4.48. The summed E-state index contributed by atoms with van der Waals surface area (Å²) < 4.78 is 0. The molecule has 1 aliphatic heterocycles. The van der Waals surface area contributed by atoms with Crippen LogP contribution in [0.25, 0.3) is 0 Å². The van der Waals surface area contributed by atoms with Crippen LogP contribution < -0.4 is 0 Å². The third-order valence-electron chi connectivity index (χ3n) is 2.16. The van der Waals surface area contributed by atoms with Crippen molar-refractivity contribution in [2.45, 2.75) is 66.5 Å². The van der Waals surface area contributed by atoms with E-state index in [1.807, 2.05) is 6.21 Å². The first-order valence-corrected chi connectivity index (χ1v) is 6.12. The molecule has 0 bridgehead atoms. The standard InChI is InChI=1S/C11H18N2.C3H8/c1-8-6-11(4,5)12-7-9(2)13-10(8)3;1-3-2/h6-7,9H,1-5H3;3H2,1-2H3/b8-6-,12-7?,13-10?;. The van der Waals surface area contributed by atoms with Crippen LogP contribution in [0, 0.1) is 0 Å². The van der Waals surface area contributed by atoms with Crippen molar-refractivity contribution < 1.29 is 0 Å². The minimum absolute atomic E-state index is 0.0878. The molecule has 0 aromatic carbocycles. The van der Waals surface area contributed by atoms with E-state index in [0.717, 1.165) is 5.71 Å². The Hall–Kier alpha value is -0.920. The van der Waals surface area contributed by atoms with Crippen LogP contribution in [-0.4, -0.2) is 23.5 Å². The molecule has 92 valence electrons. The fourth-order valence-electron chi connectivity index (χ4n) is 1.41. The molecule has 2 nitrogen and oxygen atoms in total. The highest BCUT2D eigenvalue weighted by Crippen LogP contribution is 2.16. The zero-order chi connectivity index (χ0) is 12.8. The summed E-state index contributed by atoms with van der Waals surface area (Å²) in [5, 5.41) is 0. The molecule has 0 saturated heterocycles. The monoisotopic (exact) mass is 222 g/mol. The predicted octanol–water partition coefficient (Wildman–Crippen LogP) is 4.06. The van der Waals surface area contributed by atoms with Gasteiger partial charge in [0.1, 0.15) is 0 Å². The third-order valence-corrected chi connectivity index (χ3v) is 2.16. The highest BCUT2D eigenvalue weighted by Gasteiger charge is 2.15. The number of allylic oxidation sites excluding steroid dienone is 1. The SMILES string of the molecule is CC1=NC(C)C=NC(C)(C)/C=C\1C.CCC. The van der Waals surface area contributed by atoms with Crippen molar-refractivity contribution in [1.29, 1.82) is 0 Å². The molecule has 0 fully saturated rings. The molecule has 0 amide bonds. The highest BCUT2D eigenvalue weighted by atomic mass is 14.9. The van der Waals surface area contributed by atoms with E-state index in [9.17, 15) is 0 Å². The van der Waals surface area contributed by atoms with Gasteiger partial charge in [0.25, 0.3) is 0 Å². The zero-order valence-corrected chi connectivity index (χ0v) is 11.8. The summed E-state index contributed by atoms with van der Waals surface area (Å²) >= 11 is 0. The topological polar surface area (TPSA) is 24.7 Å². The molecule has 0 aromatic rings. The minimum Gasteiger partial charge on any atom is -0.285 e. The maximum Gasteiger partial charge on any atom is 0.0821 e. The van der Waals surface area contributed by atoms with Crippen LogP contribution in [0.3, 0.4) is 0 Å². The smallest absolute Gasteiger partial charge is 0.0821 e. The van der Waals surface area contributed by atoms with Gasteiger partial charge in [0, 0.05) is 11.9 Å². The molecule has 16 heavy (non-hydrogen) atoms. The van der Waals surface area contributed by atoms with Crippen molar-refractivity contribution >= 4 is 11.9 Å². The lowest BCUT2D eigenvalue weighted by Crippen LogP contribution is -2.20. The Kier molecular flexibility index (Phi) is 6.24. The fraction of sp³-hybridized carbons (Fsp3) is 0.714. The average Bonchev–Trinajstić information content (AvgIpc) is 2.14. The molecule has 1 unspecified atom stereocenters. The Labute approximate surface area is 101 Å². The fourth-order valence-corrected chi connectivity index (χ4v) is 1.41. The van der Waals surface area contributed by atoms with Gasteiger partial charge in [-0.2, -0.15) is 0 Å². The van der Waals surface area contributed by atoms with E-state index in [1.54, 1.807) is 0 Å². The van der Waals surface area contributed by atoms with Crippen molar-refractivity contribution in [3.63, 3.8) is 0 Å². The van der Waals surface area contributed by atoms with Crippen LogP contribution >= 0.6 is 0 Å². The first-order valence-electron chi connectivity index (χ1n) is 6.12. The van der Waals surface area contributed by atoms with Crippen LogP contribution in [0.5, 0.6) is 0 Å². The Morgan fingerprint density at radius 3 is 2.25 bits per heavy atom. The summed E-state index contributed by atoms with van der Waals surface area (Å²) in [6, 6.07) is 0.197. The molecule has 0 radical (unpaired) electrons. The predicted molar refractivity (Wildman–Crippen MR) is 74.9 cm³/mol. The molecule has 0 N–H and O–H groups in total. The number of nitrogens with zero attached hydrogens (tertiary/aromatic N) is 2. The maximum absolute atomic E-state index is 4.48. The quantitative estimate of drug-likeness (QED) is 0.590. The molecule has 1 aliphatic rings. The third kappa shape index (κ3) is 5.84. The zero-order valence-electron chi connectivity index (χ0n) is 11.8. The van der Waals surface area contributed by atoms with Gasteiger partial charge in [-0.05, 0) is 40.2 Å². The lowest BCUT2D eigenvalue weighted by atomic mass is 10.00. The van der Waals surface area contributed by atoms with Gasteiger partial charge in [-0.15, -0.1) is 0 Å². The molecular formula is C14H26N2. The van der Waals surface area contributed by atoms with Gasteiger partial charge in [0.05, 0.1) is 11.6 Å². The van der Waals surface area contributed by atoms with E-state index < -0.39 is 0 Å². The molecule has 0 spiro atoms. The Balaban J connectivity index is 0.000000673. The van der Waals surface area contributed by atoms with Crippen molar-refractivity contribution in [2.24, 2.45) is 9.98 Å². The first-order chi connectivity index (χ1) is 7.32. The molecule has 1 heterocycles. The van der Waals surface area contributed by atoms with Crippen molar-refractivity contribution in [3.8, 4) is 0 Å². The van der Waals surface area contributed by atoms with Crippen LogP contribution in [-0.2, 0) is 0 Å². The first kappa shape index (κ1) is 15.1. The van der Waals surface area contributed by atoms with E-state index in [1.165, 1.54) is 12.0 Å². The van der Waals surface area contributed by atoms with Crippen LogP contribution in [0.2, 0.25) is 0 Å². The molecule has 0 saturated carbocycles. The minimum atomic E-state index is -0.0878. The second kappa shape index (κ2) is 6.62. The molecule has 1 atom stereocenters. The van der Waals surface area contributed by atoms with Crippen molar-refractivity contribution in [2.75, 3.05) is 0 Å². The Morgan fingerprint density at radius 2 is 1.75 bits per heavy atom. The van der Waals surface area contributed by atoms with Gasteiger partial charge >= 0.3 is 0 Å². The highest BCUT2D eigenvalue weighted by molar-refractivity contribution is 5.99. The average molecular weight is 222 g/mol. The van der Waals surface area contributed by atoms with Gasteiger partial charge in [0.2, 0.25) is 0 Å². The van der Waals surface area contributed by atoms with E-state index in [4.69, 9.17) is 0 Å². The van der Waals surface area contributed by atoms with Gasteiger partial charge in [-0.1, -0.05) is 26.3 Å². The van der Waals surface area contributed by atoms with Gasteiger partial charge < -0.3 is 0 Å². The Bertz CT molecular complexity index is 296. The van der Waals surface area contributed by atoms with Crippen molar-refractivity contribution in [1.82, 2.24) is 0 Å². The largest absolute Gasteiger partial charge is 0.285 e. The van der Waals surface area contributed by atoms with E-state index >= 15 is 0 Å². The summed E-state index contributed by atoms with van der Waals surface area (Å²) in [5.41, 5.74) is 2.26. The van der Waals surface area contributed by atoms with Gasteiger partial charge in [0.15, 0.2) is 0 Å². The second-order valence-corrected chi connectivity index (χ2v) is 4.92. The van der Waals surface area contributed by atoms with E-state index in [0.29, 0.717) is 0 Å². The van der Waals surface area contributed by atoms with Crippen molar-refractivity contribution in [3.05, 3.63) is 11.6 Å². The summed E-state index contributed by atoms with van der Waals surface area (Å²) in [6.45, 7) is 14.7. The molecule has 2 heteroatoms. The lowest BCUT2D eigenvalue weighted by Gasteiger charge is -2.19. The molecule has 1 rings (SSSR count). The number of hydrogen-bond acceptors (Lipinski definition) is 2. The molecule has 0 aromatic heterocycles. The summed E-state index contributed by atoms with van der Waals surface area (Å²) in [5.74, 6) is 0. The normalized spacial score (nSPS) is 26.6. The van der Waals surface area contributed by atoms with Crippen LogP contribution in [0.4, 0.5) is 0 Å². The molecule has 0 aliphatic carbocycles. The Morgan fingerprint density at radius 1 is 1.25 bits per heavy atom. The summed E-state index contributed by atoms with van der Waals surface area (Å²) in [6.07, 6.45) is 5.33. The number of rotatable bonds is 0. The van der Waals surface area contributed by atoms with E-state index in [2.05, 4.69) is 64.5 Å². The van der Waals surface area contributed by atoms with E-state index in [-0.39, 0.29) is 11.6 Å². The molecular weight excluding hydrogens is 196 g/mol. The van der Waals surface area contributed by atoms with Gasteiger partial charge in [-0.25, -0.2) is 0 Å². The van der Waals surface area contributed by atoms with Crippen LogP contribution in [0.15, 0.2) is 21.6 Å². The summed E-state index contributed by atoms with van der Waals surface area (Å²) in [4.78, 5) is 8.96. The summed E-state index contributed by atoms with van der Waals surface area (Å²) in [7, 11) is 0. The lowest BCUT2D eigenvalue weighted by molar-refractivity contribution is 0.651. The number of hydrogen-bond donors (Lipinski definition) is 0. The number of aliphatic imine (C=N–C) groups is 2. The van der Waals surface area contributed by atoms with Gasteiger partial charge in [-0.3, -0.25) is 9.98 Å². The second-order valence-electron chi connectivity index (χ2n) is 4.92. The van der Waals surface area contributed by atoms with Crippen LogP contribution in [0.1, 0.15) is 54.9 Å².